The Bertz CT molecular complexity index is 217. The van der Waals surface area contributed by atoms with E-state index >= 15 is 0 Å². The van der Waals surface area contributed by atoms with Gasteiger partial charge in [0.15, 0.2) is 0 Å². The van der Waals surface area contributed by atoms with Crippen LogP contribution in [0.15, 0.2) is 0 Å². The van der Waals surface area contributed by atoms with Crippen molar-refractivity contribution in [3.05, 3.63) is 0 Å². The van der Waals surface area contributed by atoms with Crippen LogP contribution < -0.4 is 11.1 Å². The molecule has 76 valence electrons. The number of aliphatic hydroxyl groups is 1. The van der Waals surface area contributed by atoms with E-state index < -0.39 is 30.5 Å². The zero-order chi connectivity index (χ0) is 10.1. The van der Waals surface area contributed by atoms with Gasteiger partial charge in [-0.1, -0.05) is 0 Å². The van der Waals surface area contributed by atoms with Crippen LogP contribution in [0.1, 0.15) is 12.8 Å². The lowest BCUT2D eigenvalue weighted by Crippen LogP contribution is -2.47. The normalized spacial score (nSPS) is 19.7. The molecule has 0 aromatic heterocycles. The Kier molecular flexibility index (Phi) is 2.53. The number of carbonyl (C=O) groups is 1. The summed E-state index contributed by atoms with van der Waals surface area (Å²) in [5, 5.41) is 10.2. The minimum atomic E-state index is -3.26. The molecule has 4 N–H and O–H groups in total. The van der Waals surface area contributed by atoms with Crippen molar-refractivity contribution in [1.29, 1.82) is 0 Å². The summed E-state index contributed by atoms with van der Waals surface area (Å²) < 4.78 is 24.8. The molecule has 1 rings (SSSR count). The Balaban J connectivity index is 2.30. The van der Waals surface area contributed by atoms with Crippen molar-refractivity contribution in [2.75, 3.05) is 13.2 Å². The summed E-state index contributed by atoms with van der Waals surface area (Å²) in [5.74, 6) is -3.83. The summed E-state index contributed by atoms with van der Waals surface area (Å²) in [7, 11) is 0. The van der Waals surface area contributed by atoms with E-state index in [1.807, 2.05) is 5.32 Å². The second-order valence-corrected chi connectivity index (χ2v) is 3.35. The maximum absolute atomic E-state index is 12.4. The summed E-state index contributed by atoms with van der Waals surface area (Å²) in [6.07, 6.45) is 1.06. The van der Waals surface area contributed by atoms with E-state index in [2.05, 4.69) is 0 Å². The van der Waals surface area contributed by atoms with Crippen LogP contribution in [-0.4, -0.2) is 35.6 Å². The molecular formula is C7H12F2N2O2. The predicted molar refractivity (Wildman–Crippen MR) is 41.2 cm³/mol. The molecule has 0 atom stereocenters. The number of nitrogens with one attached hydrogen (secondary N) is 1. The average molecular weight is 194 g/mol. The lowest BCUT2D eigenvalue weighted by molar-refractivity contribution is -0.126. The summed E-state index contributed by atoms with van der Waals surface area (Å²) >= 11 is 0. The standard InChI is InChI=1S/C7H12F2N2O2/c8-7(9,4-12)3-11-5(13)6(10)1-2-6/h12H,1-4,10H2,(H,11,13). The molecule has 1 aliphatic carbocycles. The van der Waals surface area contributed by atoms with Gasteiger partial charge in [-0.05, 0) is 12.8 Å². The first-order chi connectivity index (χ1) is 5.90. The monoisotopic (exact) mass is 194 g/mol. The molecule has 0 bridgehead atoms. The van der Waals surface area contributed by atoms with Gasteiger partial charge in [-0.3, -0.25) is 4.79 Å². The first-order valence-electron chi connectivity index (χ1n) is 3.95. The van der Waals surface area contributed by atoms with E-state index in [0.717, 1.165) is 0 Å². The molecule has 0 spiro atoms. The van der Waals surface area contributed by atoms with Crippen molar-refractivity contribution >= 4 is 5.91 Å². The van der Waals surface area contributed by atoms with Crippen LogP contribution in [-0.2, 0) is 4.79 Å². The molecule has 0 aliphatic heterocycles. The van der Waals surface area contributed by atoms with Gasteiger partial charge in [-0.15, -0.1) is 0 Å². The summed E-state index contributed by atoms with van der Waals surface area (Å²) in [5.41, 5.74) is 4.50. The fourth-order valence-electron chi connectivity index (χ4n) is 0.803. The molecule has 0 unspecified atom stereocenters. The second kappa shape index (κ2) is 3.19. The van der Waals surface area contributed by atoms with Crippen LogP contribution in [0.5, 0.6) is 0 Å². The smallest absolute Gasteiger partial charge is 0.287 e. The van der Waals surface area contributed by atoms with Gasteiger partial charge in [0.1, 0.15) is 6.61 Å². The van der Waals surface area contributed by atoms with Gasteiger partial charge < -0.3 is 16.2 Å². The van der Waals surface area contributed by atoms with Crippen LogP contribution in [0, 0.1) is 0 Å². The van der Waals surface area contributed by atoms with Crippen LogP contribution >= 0.6 is 0 Å². The molecule has 1 saturated carbocycles. The number of hydrogen-bond donors (Lipinski definition) is 3. The lowest BCUT2D eigenvalue weighted by Gasteiger charge is -2.15. The molecule has 0 radical (unpaired) electrons. The maximum atomic E-state index is 12.4. The van der Waals surface area contributed by atoms with Crippen molar-refractivity contribution in [3.8, 4) is 0 Å². The first kappa shape index (κ1) is 10.3. The zero-order valence-electron chi connectivity index (χ0n) is 7.02. The zero-order valence-corrected chi connectivity index (χ0v) is 7.02. The van der Waals surface area contributed by atoms with E-state index in [0.29, 0.717) is 12.8 Å². The Morgan fingerprint density at radius 1 is 1.62 bits per heavy atom. The van der Waals surface area contributed by atoms with E-state index in [1.54, 1.807) is 0 Å². The Hall–Kier alpha value is -0.750. The number of nitrogens with two attached hydrogens (primary N) is 1. The molecule has 6 heteroatoms. The number of amides is 1. The van der Waals surface area contributed by atoms with E-state index in [1.165, 1.54) is 0 Å². The largest absolute Gasteiger partial charge is 0.390 e. The molecular weight excluding hydrogens is 182 g/mol. The third kappa shape index (κ3) is 2.60. The fraction of sp³-hybridized carbons (Fsp3) is 0.857. The number of rotatable bonds is 4. The molecule has 0 aromatic carbocycles. The average Bonchev–Trinajstić information content (AvgIpc) is 2.81. The summed E-state index contributed by atoms with van der Waals surface area (Å²) in [6, 6.07) is 0. The van der Waals surface area contributed by atoms with Gasteiger partial charge >= 0.3 is 0 Å². The molecule has 13 heavy (non-hydrogen) atoms. The number of carbonyl (C=O) groups excluding carboxylic acids is 1. The van der Waals surface area contributed by atoms with Crippen LogP contribution in [0.4, 0.5) is 8.78 Å². The maximum Gasteiger partial charge on any atom is 0.287 e. The van der Waals surface area contributed by atoms with Gasteiger partial charge in [-0.25, -0.2) is 8.78 Å². The van der Waals surface area contributed by atoms with Gasteiger partial charge in [0, 0.05) is 0 Å². The van der Waals surface area contributed by atoms with E-state index in [4.69, 9.17) is 10.8 Å². The van der Waals surface area contributed by atoms with Gasteiger partial charge in [0.25, 0.3) is 5.92 Å². The van der Waals surface area contributed by atoms with Crippen LogP contribution in [0.25, 0.3) is 0 Å². The third-order valence-corrected chi connectivity index (χ3v) is 1.98. The number of halogens is 2. The number of aliphatic hydroxyl groups excluding tert-OH is 1. The Morgan fingerprint density at radius 2 is 2.15 bits per heavy atom. The number of alkyl halides is 2. The Morgan fingerprint density at radius 3 is 2.54 bits per heavy atom. The molecule has 1 amide bonds. The van der Waals surface area contributed by atoms with Gasteiger partial charge in [0.05, 0.1) is 12.1 Å². The van der Waals surface area contributed by atoms with Crippen LogP contribution in [0.3, 0.4) is 0 Å². The second-order valence-electron chi connectivity index (χ2n) is 3.35. The fourth-order valence-corrected chi connectivity index (χ4v) is 0.803. The molecule has 4 nitrogen and oxygen atoms in total. The van der Waals surface area contributed by atoms with Crippen molar-refractivity contribution < 1.29 is 18.7 Å². The minimum absolute atomic E-state index is 0.531. The highest BCUT2D eigenvalue weighted by molar-refractivity contribution is 5.88. The SMILES string of the molecule is NC1(C(=O)NCC(F)(F)CO)CC1. The van der Waals surface area contributed by atoms with Crippen LogP contribution in [0.2, 0.25) is 0 Å². The number of hydrogen-bond acceptors (Lipinski definition) is 3. The molecule has 0 aromatic rings. The molecule has 0 saturated heterocycles. The van der Waals surface area contributed by atoms with Crippen molar-refractivity contribution in [3.63, 3.8) is 0 Å². The highest BCUT2D eigenvalue weighted by Gasteiger charge is 2.46. The quantitative estimate of drug-likeness (QED) is 0.549. The Labute approximate surface area is 74.1 Å². The van der Waals surface area contributed by atoms with Crippen molar-refractivity contribution in [1.82, 2.24) is 5.32 Å². The molecule has 1 fully saturated rings. The lowest BCUT2D eigenvalue weighted by atomic mass is 10.2. The molecule has 0 heterocycles. The highest BCUT2D eigenvalue weighted by atomic mass is 19.3. The topological polar surface area (TPSA) is 75.4 Å². The van der Waals surface area contributed by atoms with Crippen molar-refractivity contribution in [2.45, 2.75) is 24.3 Å². The van der Waals surface area contributed by atoms with Gasteiger partial charge in [0.2, 0.25) is 5.91 Å². The van der Waals surface area contributed by atoms with Crippen molar-refractivity contribution in [2.24, 2.45) is 5.73 Å². The highest BCUT2D eigenvalue weighted by Crippen LogP contribution is 2.32. The minimum Gasteiger partial charge on any atom is -0.390 e. The summed E-state index contributed by atoms with van der Waals surface area (Å²) in [6.45, 7) is -2.13. The van der Waals surface area contributed by atoms with E-state index in [9.17, 15) is 13.6 Å². The third-order valence-electron chi connectivity index (χ3n) is 1.98. The van der Waals surface area contributed by atoms with E-state index in [-0.39, 0.29) is 0 Å². The predicted octanol–water partition coefficient (Wildman–Crippen LogP) is -0.779. The molecule has 1 aliphatic rings. The van der Waals surface area contributed by atoms with Gasteiger partial charge in [-0.2, -0.15) is 0 Å². The summed E-state index contributed by atoms with van der Waals surface area (Å²) in [4.78, 5) is 11.0. The first-order valence-corrected chi connectivity index (χ1v) is 3.95.